The van der Waals surface area contributed by atoms with Gasteiger partial charge in [0.1, 0.15) is 0 Å². The summed E-state index contributed by atoms with van der Waals surface area (Å²) in [7, 11) is 0. The summed E-state index contributed by atoms with van der Waals surface area (Å²) in [6.07, 6.45) is 21.1. The van der Waals surface area contributed by atoms with E-state index in [-0.39, 0.29) is 0 Å². The van der Waals surface area contributed by atoms with Crippen molar-refractivity contribution >= 4 is 0 Å². The molecule has 17 heavy (non-hydrogen) atoms. The van der Waals surface area contributed by atoms with Crippen molar-refractivity contribution in [2.45, 2.75) is 70.6 Å². The van der Waals surface area contributed by atoms with Crippen molar-refractivity contribution < 1.29 is 0 Å². The van der Waals surface area contributed by atoms with Crippen molar-refractivity contribution in [1.29, 1.82) is 0 Å². The highest BCUT2D eigenvalue weighted by atomic mass is 14.3. The van der Waals surface area contributed by atoms with Crippen molar-refractivity contribution in [1.82, 2.24) is 0 Å². The minimum Gasteiger partial charge on any atom is -0.0770 e. The van der Waals surface area contributed by atoms with Crippen LogP contribution in [-0.4, -0.2) is 0 Å². The lowest BCUT2D eigenvalue weighted by molar-refractivity contribution is 0.376. The van der Waals surface area contributed by atoms with Gasteiger partial charge in [-0.05, 0) is 55.1 Å². The van der Waals surface area contributed by atoms with Gasteiger partial charge in [-0.1, -0.05) is 50.7 Å². The largest absolute Gasteiger partial charge is 0.0770 e. The Bertz CT molecular complexity index is 277. The molecule has 0 aromatic rings. The molecule has 94 valence electrons. The molecule has 2 saturated carbocycles. The average Bonchev–Trinajstić information content (AvgIpc) is 2.90. The monoisotopic (exact) mass is 230 g/mol. The third kappa shape index (κ3) is 2.51. The molecule has 0 bridgehead atoms. The third-order valence-electron chi connectivity index (χ3n) is 5.10. The minimum absolute atomic E-state index is 0.930. The van der Waals surface area contributed by atoms with Crippen LogP contribution in [0.15, 0.2) is 23.3 Å². The second-order valence-corrected chi connectivity index (χ2v) is 6.22. The summed E-state index contributed by atoms with van der Waals surface area (Å²) < 4.78 is 0. The number of rotatable bonds is 2. The van der Waals surface area contributed by atoms with Crippen LogP contribution in [0.4, 0.5) is 0 Å². The molecule has 2 fully saturated rings. The van der Waals surface area contributed by atoms with E-state index < -0.39 is 0 Å². The Balaban J connectivity index is 1.69. The molecule has 0 unspecified atom stereocenters. The van der Waals surface area contributed by atoms with Gasteiger partial charge in [0.15, 0.2) is 0 Å². The summed E-state index contributed by atoms with van der Waals surface area (Å²) >= 11 is 0. The lowest BCUT2D eigenvalue weighted by Gasteiger charge is -2.30. The van der Waals surface area contributed by atoms with E-state index >= 15 is 0 Å². The normalized spacial score (nSPS) is 28.0. The Morgan fingerprint density at radius 3 is 1.41 bits per heavy atom. The van der Waals surface area contributed by atoms with Gasteiger partial charge in [-0.15, -0.1) is 0 Å². The zero-order chi connectivity index (χ0) is 11.5. The van der Waals surface area contributed by atoms with E-state index in [0.29, 0.717) is 0 Å². The van der Waals surface area contributed by atoms with Gasteiger partial charge in [0.2, 0.25) is 0 Å². The fraction of sp³-hybridized carbons (Fsp3) is 0.765. The van der Waals surface area contributed by atoms with Gasteiger partial charge in [-0.2, -0.15) is 0 Å². The van der Waals surface area contributed by atoms with E-state index in [2.05, 4.69) is 12.2 Å². The highest BCUT2D eigenvalue weighted by Crippen LogP contribution is 2.42. The molecule has 0 nitrogen and oxygen atoms in total. The van der Waals surface area contributed by atoms with E-state index in [4.69, 9.17) is 0 Å². The maximum atomic E-state index is 2.56. The smallest absolute Gasteiger partial charge is 0.0157 e. The summed E-state index contributed by atoms with van der Waals surface area (Å²) in [5.74, 6) is 1.86. The van der Waals surface area contributed by atoms with E-state index in [1.807, 2.05) is 0 Å². The molecule has 3 rings (SSSR count). The summed E-state index contributed by atoms with van der Waals surface area (Å²) in [5.41, 5.74) is 3.58. The van der Waals surface area contributed by atoms with Crippen LogP contribution in [0.3, 0.4) is 0 Å². The van der Waals surface area contributed by atoms with Crippen molar-refractivity contribution in [3.8, 4) is 0 Å². The lowest BCUT2D eigenvalue weighted by atomic mass is 9.75. The minimum atomic E-state index is 0.930. The van der Waals surface area contributed by atoms with Crippen LogP contribution in [0, 0.1) is 11.8 Å². The Labute approximate surface area is 106 Å². The molecular weight excluding hydrogens is 204 g/mol. The predicted octanol–water partition coefficient (Wildman–Crippen LogP) is 5.40. The molecule has 0 atom stereocenters. The van der Waals surface area contributed by atoms with Crippen LogP contribution in [0.25, 0.3) is 0 Å². The van der Waals surface area contributed by atoms with Crippen LogP contribution in [0.1, 0.15) is 70.6 Å². The Kier molecular flexibility index (Phi) is 3.68. The van der Waals surface area contributed by atoms with Crippen LogP contribution in [0.2, 0.25) is 0 Å². The van der Waals surface area contributed by atoms with Gasteiger partial charge in [0.05, 0.1) is 0 Å². The van der Waals surface area contributed by atoms with Crippen LogP contribution in [0.5, 0.6) is 0 Å². The number of hydrogen-bond acceptors (Lipinski definition) is 0. The predicted molar refractivity (Wildman–Crippen MR) is 73.9 cm³/mol. The quantitative estimate of drug-likeness (QED) is 0.595. The van der Waals surface area contributed by atoms with Gasteiger partial charge in [-0.3, -0.25) is 0 Å². The zero-order valence-corrected chi connectivity index (χ0v) is 11.1. The lowest BCUT2D eigenvalue weighted by Crippen LogP contribution is -2.16. The molecule has 0 amide bonds. The summed E-state index contributed by atoms with van der Waals surface area (Å²) in [6, 6.07) is 0. The van der Waals surface area contributed by atoms with Gasteiger partial charge >= 0.3 is 0 Å². The van der Waals surface area contributed by atoms with Crippen molar-refractivity contribution in [2.75, 3.05) is 0 Å². The average molecular weight is 230 g/mol. The van der Waals surface area contributed by atoms with Crippen LogP contribution >= 0.6 is 0 Å². The highest BCUT2D eigenvalue weighted by Gasteiger charge is 2.27. The molecule has 0 radical (unpaired) electrons. The summed E-state index contributed by atoms with van der Waals surface area (Å²) in [5, 5.41) is 0. The summed E-state index contributed by atoms with van der Waals surface area (Å²) in [4.78, 5) is 0. The Morgan fingerprint density at radius 2 is 1.00 bits per heavy atom. The molecule has 3 aliphatic carbocycles. The second-order valence-electron chi connectivity index (χ2n) is 6.22. The first-order chi connectivity index (χ1) is 8.45. The van der Waals surface area contributed by atoms with Gasteiger partial charge in [-0.25, -0.2) is 0 Å². The van der Waals surface area contributed by atoms with E-state index in [0.717, 1.165) is 11.8 Å². The molecule has 0 spiro atoms. The van der Waals surface area contributed by atoms with Crippen molar-refractivity contribution in [3.63, 3.8) is 0 Å². The molecule has 0 heterocycles. The molecular formula is C17H26. The van der Waals surface area contributed by atoms with Gasteiger partial charge < -0.3 is 0 Å². The Hall–Kier alpha value is -0.520. The first-order valence-electron chi connectivity index (χ1n) is 7.85. The maximum absolute atomic E-state index is 2.56. The fourth-order valence-electron chi connectivity index (χ4n) is 4.18. The fourth-order valence-corrected chi connectivity index (χ4v) is 4.18. The number of hydrogen-bond donors (Lipinski definition) is 0. The second kappa shape index (κ2) is 5.42. The maximum Gasteiger partial charge on any atom is -0.0157 e. The van der Waals surface area contributed by atoms with Crippen molar-refractivity contribution in [3.05, 3.63) is 23.3 Å². The Morgan fingerprint density at radius 1 is 0.588 bits per heavy atom. The van der Waals surface area contributed by atoms with Gasteiger partial charge in [0.25, 0.3) is 0 Å². The first-order valence-corrected chi connectivity index (χ1v) is 7.85. The molecule has 0 heteroatoms. The van der Waals surface area contributed by atoms with E-state index in [1.54, 1.807) is 11.1 Å². The first kappa shape index (κ1) is 11.6. The van der Waals surface area contributed by atoms with Crippen LogP contribution < -0.4 is 0 Å². The topological polar surface area (TPSA) is 0 Å². The molecule has 0 aliphatic heterocycles. The third-order valence-corrected chi connectivity index (χ3v) is 5.10. The molecule has 3 aliphatic rings. The summed E-state index contributed by atoms with van der Waals surface area (Å²) in [6.45, 7) is 0. The molecule has 0 aromatic carbocycles. The number of allylic oxidation sites excluding steroid dienone is 4. The molecule has 0 aromatic heterocycles. The van der Waals surface area contributed by atoms with Crippen LogP contribution in [-0.2, 0) is 0 Å². The SMILES string of the molecule is C1=C(C2CCCCC2)C(C2CCCCC2)=CC1. The van der Waals surface area contributed by atoms with Gasteiger partial charge in [0, 0.05) is 0 Å². The molecule has 0 N–H and O–H groups in total. The van der Waals surface area contributed by atoms with E-state index in [9.17, 15) is 0 Å². The van der Waals surface area contributed by atoms with E-state index in [1.165, 1.54) is 70.6 Å². The molecule has 0 saturated heterocycles. The standard InChI is InChI=1S/C17H26/c1-3-8-14(9-4-1)16-12-7-13-17(16)15-10-5-2-6-11-15/h12-15H,1-11H2. The zero-order valence-electron chi connectivity index (χ0n) is 11.1. The van der Waals surface area contributed by atoms with Crippen molar-refractivity contribution in [2.24, 2.45) is 11.8 Å². The highest BCUT2D eigenvalue weighted by molar-refractivity contribution is 5.40.